The minimum Gasteiger partial charge on any atom is -0.497 e. The predicted molar refractivity (Wildman–Crippen MR) is 42.7 cm³/mol. The number of benzene rings is 1. The summed E-state index contributed by atoms with van der Waals surface area (Å²) in [5, 5.41) is 0. The highest BCUT2D eigenvalue weighted by Gasteiger charge is 1.98. The zero-order chi connectivity index (χ0) is 8.27. The molecule has 1 rings (SSSR count). The van der Waals surface area contributed by atoms with Gasteiger partial charge in [-0.25, -0.2) is 0 Å². The summed E-state index contributed by atoms with van der Waals surface area (Å²) >= 11 is 0. The van der Waals surface area contributed by atoms with E-state index >= 15 is 0 Å². The molecule has 0 saturated heterocycles. The quantitative estimate of drug-likeness (QED) is 0.598. The Morgan fingerprint density at radius 3 is 2.82 bits per heavy atom. The Morgan fingerprint density at radius 1 is 1.55 bits per heavy atom. The third kappa shape index (κ3) is 1.80. The molecule has 0 saturated carbocycles. The van der Waals surface area contributed by atoms with E-state index in [0.29, 0.717) is 11.3 Å². The van der Waals surface area contributed by atoms with E-state index in [1.54, 1.807) is 31.4 Å². The van der Waals surface area contributed by atoms with Gasteiger partial charge < -0.3 is 4.74 Å². The molecule has 1 aromatic rings. The van der Waals surface area contributed by atoms with Gasteiger partial charge in [0.25, 0.3) is 0 Å². The normalized spacial score (nSPS) is 9.27. The zero-order valence-electron chi connectivity index (χ0n) is 6.33. The van der Waals surface area contributed by atoms with E-state index in [4.69, 9.17) is 4.74 Å². The molecule has 0 heterocycles. The Labute approximate surface area is 65.8 Å². The Hall–Kier alpha value is -1.31. The zero-order valence-corrected chi connectivity index (χ0v) is 6.33. The Balaban J connectivity index is 3.01. The minimum absolute atomic E-state index is 0.191. The summed E-state index contributed by atoms with van der Waals surface area (Å²) in [5.74, 6) is 0.489. The molecule has 0 aromatic heterocycles. The first-order valence-corrected chi connectivity index (χ1v) is 3.24. The second kappa shape index (κ2) is 3.19. The standard InChI is InChI=1S/C9H9O2/c1-7(10)8-4-3-5-9(6-8)11-2/h3-6H,1H2,2H3. The molecular weight excluding hydrogens is 140 g/mol. The number of ether oxygens (including phenoxy) is 1. The topological polar surface area (TPSA) is 26.3 Å². The van der Waals surface area contributed by atoms with Gasteiger partial charge in [-0.1, -0.05) is 12.1 Å². The molecule has 2 heteroatoms. The fourth-order valence-electron chi connectivity index (χ4n) is 0.797. The summed E-state index contributed by atoms with van der Waals surface area (Å²) in [6, 6.07) is 6.91. The number of Topliss-reactive ketones (excluding diaryl/α,β-unsaturated/α-hetero) is 1. The molecule has 0 N–H and O–H groups in total. The molecule has 11 heavy (non-hydrogen) atoms. The number of methoxy groups -OCH3 is 1. The highest BCUT2D eigenvalue weighted by atomic mass is 16.5. The van der Waals surface area contributed by atoms with Crippen LogP contribution in [0.2, 0.25) is 0 Å². The van der Waals surface area contributed by atoms with Crippen molar-refractivity contribution in [1.82, 2.24) is 0 Å². The molecule has 0 unspecified atom stereocenters. The van der Waals surface area contributed by atoms with Crippen LogP contribution in [0.25, 0.3) is 0 Å². The van der Waals surface area contributed by atoms with Gasteiger partial charge in [-0.05, 0) is 12.1 Å². The summed E-state index contributed by atoms with van der Waals surface area (Å²) in [7, 11) is 1.56. The van der Waals surface area contributed by atoms with Crippen LogP contribution in [0.5, 0.6) is 5.75 Å². The molecule has 2 nitrogen and oxygen atoms in total. The average Bonchev–Trinajstić information content (AvgIpc) is 2.05. The van der Waals surface area contributed by atoms with Crippen LogP contribution in [0.1, 0.15) is 10.4 Å². The van der Waals surface area contributed by atoms with Crippen molar-refractivity contribution in [2.24, 2.45) is 0 Å². The lowest BCUT2D eigenvalue weighted by molar-refractivity contribution is 0.104. The minimum atomic E-state index is -0.191. The third-order valence-corrected chi connectivity index (χ3v) is 1.39. The van der Waals surface area contributed by atoms with E-state index in [-0.39, 0.29) is 5.78 Å². The van der Waals surface area contributed by atoms with E-state index < -0.39 is 0 Å². The van der Waals surface area contributed by atoms with Crippen LogP contribution in [0.3, 0.4) is 0 Å². The lowest BCUT2D eigenvalue weighted by Crippen LogP contribution is -1.92. The molecule has 0 atom stereocenters. The van der Waals surface area contributed by atoms with Crippen LogP contribution in [0, 0.1) is 6.92 Å². The van der Waals surface area contributed by atoms with Gasteiger partial charge in [0, 0.05) is 12.5 Å². The van der Waals surface area contributed by atoms with Crippen molar-refractivity contribution in [1.29, 1.82) is 0 Å². The van der Waals surface area contributed by atoms with Gasteiger partial charge in [0.15, 0.2) is 5.78 Å². The molecule has 0 fully saturated rings. The van der Waals surface area contributed by atoms with Crippen molar-refractivity contribution in [2.45, 2.75) is 0 Å². The van der Waals surface area contributed by atoms with Crippen LogP contribution in [0.15, 0.2) is 24.3 Å². The average molecular weight is 149 g/mol. The molecule has 0 bridgehead atoms. The molecule has 0 aliphatic carbocycles. The van der Waals surface area contributed by atoms with Crippen molar-refractivity contribution in [3.63, 3.8) is 0 Å². The highest BCUT2D eigenvalue weighted by molar-refractivity contribution is 5.99. The molecule has 0 amide bonds. The van der Waals surface area contributed by atoms with Crippen molar-refractivity contribution in [2.75, 3.05) is 7.11 Å². The Morgan fingerprint density at radius 2 is 2.27 bits per heavy atom. The number of carbonyl (C=O) groups is 1. The Kier molecular flexibility index (Phi) is 2.26. The highest BCUT2D eigenvalue weighted by Crippen LogP contribution is 2.12. The summed E-state index contributed by atoms with van der Waals surface area (Å²) in [6.45, 7) is 3.29. The number of rotatable bonds is 2. The predicted octanol–water partition coefficient (Wildman–Crippen LogP) is 1.71. The molecule has 1 aromatic carbocycles. The van der Waals surface area contributed by atoms with E-state index in [1.807, 2.05) is 0 Å². The number of ketones is 1. The molecule has 1 radical (unpaired) electrons. The summed E-state index contributed by atoms with van der Waals surface area (Å²) in [6.07, 6.45) is 0. The summed E-state index contributed by atoms with van der Waals surface area (Å²) in [4.78, 5) is 10.7. The fourth-order valence-corrected chi connectivity index (χ4v) is 0.797. The largest absolute Gasteiger partial charge is 0.497 e. The number of hydrogen-bond donors (Lipinski definition) is 0. The third-order valence-electron chi connectivity index (χ3n) is 1.39. The van der Waals surface area contributed by atoms with Gasteiger partial charge in [0.1, 0.15) is 5.75 Å². The number of hydrogen-bond acceptors (Lipinski definition) is 2. The summed E-state index contributed by atoms with van der Waals surface area (Å²) in [5.41, 5.74) is 0.573. The SMILES string of the molecule is [CH2]C(=O)c1cccc(OC)c1. The molecule has 57 valence electrons. The summed E-state index contributed by atoms with van der Waals surface area (Å²) < 4.78 is 4.92. The second-order valence-corrected chi connectivity index (χ2v) is 2.16. The van der Waals surface area contributed by atoms with Crippen molar-refractivity contribution in [3.05, 3.63) is 36.8 Å². The first-order valence-electron chi connectivity index (χ1n) is 3.24. The maximum atomic E-state index is 10.7. The van der Waals surface area contributed by atoms with Crippen molar-refractivity contribution < 1.29 is 9.53 Å². The van der Waals surface area contributed by atoms with Crippen molar-refractivity contribution in [3.8, 4) is 5.75 Å². The van der Waals surface area contributed by atoms with E-state index in [0.717, 1.165) is 0 Å². The maximum Gasteiger partial charge on any atom is 0.163 e. The molecular formula is C9H9O2. The van der Waals surface area contributed by atoms with Gasteiger partial charge in [-0.15, -0.1) is 0 Å². The van der Waals surface area contributed by atoms with Gasteiger partial charge in [-0.2, -0.15) is 0 Å². The van der Waals surface area contributed by atoms with Crippen LogP contribution in [-0.4, -0.2) is 12.9 Å². The monoisotopic (exact) mass is 149 g/mol. The van der Waals surface area contributed by atoms with Gasteiger partial charge in [0.05, 0.1) is 7.11 Å². The van der Waals surface area contributed by atoms with E-state index in [1.165, 1.54) is 0 Å². The molecule has 0 aliphatic heterocycles. The van der Waals surface area contributed by atoms with E-state index in [2.05, 4.69) is 6.92 Å². The Bertz CT molecular complexity index is 266. The second-order valence-electron chi connectivity index (χ2n) is 2.16. The van der Waals surface area contributed by atoms with Crippen LogP contribution in [-0.2, 0) is 0 Å². The first kappa shape index (κ1) is 7.79. The first-order chi connectivity index (χ1) is 5.24. The van der Waals surface area contributed by atoms with Gasteiger partial charge in [0.2, 0.25) is 0 Å². The van der Waals surface area contributed by atoms with Crippen molar-refractivity contribution >= 4 is 5.78 Å². The van der Waals surface area contributed by atoms with Gasteiger partial charge >= 0.3 is 0 Å². The van der Waals surface area contributed by atoms with Crippen LogP contribution >= 0.6 is 0 Å². The maximum absolute atomic E-state index is 10.7. The van der Waals surface area contributed by atoms with E-state index in [9.17, 15) is 4.79 Å². The lowest BCUT2D eigenvalue weighted by Gasteiger charge is -1.99. The number of carbonyl (C=O) groups excluding carboxylic acids is 1. The van der Waals surface area contributed by atoms with Crippen LogP contribution < -0.4 is 4.74 Å². The smallest absolute Gasteiger partial charge is 0.163 e. The molecule has 0 aliphatic rings. The van der Waals surface area contributed by atoms with Crippen LogP contribution in [0.4, 0.5) is 0 Å². The van der Waals surface area contributed by atoms with Gasteiger partial charge in [-0.3, -0.25) is 4.79 Å². The fraction of sp³-hybridized carbons (Fsp3) is 0.111. The molecule has 0 spiro atoms. The lowest BCUT2D eigenvalue weighted by atomic mass is 10.1.